The fourth-order valence-corrected chi connectivity index (χ4v) is 2.47. The first-order chi connectivity index (χ1) is 9.94. The number of nitrogens with one attached hydrogen (secondary N) is 1. The van der Waals surface area contributed by atoms with Crippen LogP contribution in [0.1, 0.15) is 28.8 Å². The van der Waals surface area contributed by atoms with E-state index in [-0.39, 0.29) is 12.5 Å². The zero-order valence-corrected chi connectivity index (χ0v) is 11.3. The highest BCUT2D eigenvalue weighted by Gasteiger charge is 2.51. The van der Waals surface area contributed by atoms with Gasteiger partial charge in [0, 0.05) is 16.8 Å². The van der Waals surface area contributed by atoms with Gasteiger partial charge in [0.15, 0.2) is 0 Å². The third-order valence-electron chi connectivity index (χ3n) is 3.88. The van der Waals surface area contributed by atoms with E-state index in [4.69, 9.17) is 5.11 Å². The van der Waals surface area contributed by atoms with E-state index in [0.717, 1.165) is 0 Å². The molecule has 6 nitrogen and oxygen atoms in total. The Morgan fingerprint density at radius 2 is 1.90 bits per heavy atom. The fourth-order valence-electron chi connectivity index (χ4n) is 2.47. The van der Waals surface area contributed by atoms with Crippen LogP contribution in [0.3, 0.4) is 0 Å². The van der Waals surface area contributed by atoms with Gasteiger partial charge in [0.1, 0.15) is 12.1 Å². The molecule has 0 unspecified atom stereocenters. The van der Waals surface area contributed by atoms with Gasteiger partial charge in [-0.3, -0.25) is 14.5 Å². The number of amides is 2. The Kier molecular flexibility index (Phi) is 2.83. The third-order valence-corrected chi connectivity index (χ3v) is 3.88. The van der Waals surface area contributed by atoms with E-state index in [1.165, 1.54) is 4.90 Å². The smallest absolute Gasteiger partial charge is 0.329 e. The Balaban J connectivity index is 1.72. The lowest BCUT2D eigenvalue weighted by molar-refractivity contribution is -0.143. The minimum atomic E-state index is -1.14. The minimum Gasteiger partial charge on any atom is -0.480 e. The fraction of sp³-hybridized carbons (Fsp3) is 0.267. The van der Waals surface area contributed by atoms with Gasteiger partial charge in [0.05, 0.1) is 0 Å². The average molecular weight is 286 g/mol. The van der Waals surface area contributed by atoms with Crippen molar-refractivity contribution in [1.29, 1.82) is 0 Å². The van der Waals surface area contributed by atoms with Crippen molar-refractivity contribution in [2.24, 2.45) is 0 Å². The summed E-state index contributed by atoms with van der Waals surface area (Å²) in [7, 11) is 0. The molecule has 2 N–H and O–H groups in total. The molecule has 21 heavy (non-hydrogen) atoms. The molecule has 1 aliphatic heterocycles. The quantitative estimate of drug-likeness (QED) is 0.859. The molecular weight excluding hydrogens is 272 g/mol. The SMILES string of the molecule is C=C1c2ccccc2C(=O)N1CC(=O)NC1(C(=O)O)CC1. The summed E-state index contributed by atoms with van der Waals surface area (Å²) in [4.78, 5) is 36.5. The van der Waals surface area contributed by atoms with Gasteiger partial charge < -0.3 is 10.4 Å². The van der Waals surface area contributed by atoms with Crippen LogP contribution >= 0.6 is 0 Å². The summed E-state index contributed by atoms with van der Waals surface area (Å²) in [5.74, 6) is -1.81. The van der Waals surface area contributed by atoms with E-state index < -0.39 is 17.4 Å². The molecule has 6 heteroatoms. The number of nitrogens with zero attached hydrogens (tertiary/aromatic N) is 1. The molecule has 1 saturated carbocycles. The van der Waals surface area contributed by atoms with Crippen molar-refractivity contribution in [3.05, 3.63) is 42.0 Å². The van der Waals surface area contributed by atoms with Crippen molar-refractivity contribution in [2.75, 3.05) is 6.54 Å². The number of carboxylic acid groups (broad SMARTS) is 1. The van der Waals surface area contributed by atoms with Gasteiger partial charge in [0.2, 0.25) is 5.91 Å². The molecule has 2 aliphatic rings. The molecular formula is C15H14N2O4. The summed E-state index contributed by atoms with van der Waals surface area (Å²) in [6, 6.07) is 7.00. The lowest BCUT2D eigenvalue weighted by Crippen LogP contribution is -2.47. The minimum absolute atomic E-state index is 0.221. The van der Waals surface area contributed by atoms with Crippen molar-refractivity contribution in [3.63, 3.8) is 0 Å². The highest BCUT2D eigenvalue weighted by molar-refractivity contribution is 6.10. The van der Waals surface area contributed by atoms with Crippen LogP contribution in [-0.4, -0.2) is 39.9 Å². The van der Waals surface area contributed by atoms with Crippen LogP contribution in [0.5, 0.6) is 0 Å². The summed E-state index contributed by atoms with van der Waals surface area (Å²) >= 11 is 0. The van der Waals surface area contributed by atoms with Gasteiger partial charge in [-0.2, -0.15) is 0 Å². The second-order valence-corrected chi connectivity index (χ2v) is 5.32. The Labute approximate surface area is 121 Å². The number of hydrogen-bond acceptors (Lipinski definition) is 3. The average Bonchev–Trinajstić information content (AvgIpc) is 3.20. The molecule has 1 heterocycles. The molecule has 3 rings (SSSR count). The zero-order valence-electron chi connectivity index (χ0n) is 11.3. The maximum absolute atomic E-state index is 12.2. The molecule has 108 valence electrons. The van der Waals surface area contributed by atoms with Crippen LogP contribution in [0, 0.1) is 0 Å². The Morgan fingerprint density at radius 1 is 1.29 bits per heavy atom. The van der Waals surface area contributed by atoms with Crippen molar-refractivity contribution >= 4 is 23.5 Å². The van der Waals surface area contributed by atoms with Crippen LogP contribution in [-0.2, 0) is 9.59 Å². The van der Waals surface area contributed by atoms with E-state index in [9.17, 15) is 14.4 Å². The molecule has 1 fully saturated rings. The standard InChI is InChI=1S/C15H14N2O4/c1-9-10-4-2-3-5-11(10)13(19)17(9)8-12(18)16-15(6-7-15)14(20)21/h2-5H,1,6-8H2,(H,16,18)(H,20,21). The number of hydrogen-bond donors (Lipinski definition) is 2. The number of carbonyl (C=O) groups is 3. The van der Waals surface area contributed by atoms with Crippen molar-refractivity contribution < 1.29 is 19.5 Å². The highest BCUT2D eigenvalue weighted by Crippen LogP contribution is 2.36. The predicted molar refractivity (Wildman–Crippen MR) is 74.3 cm³/mol. The van der Waals surface area contributed by atoms with Crippen LogP contribution in [0.4, 0.5) is 0 Å². The number of aliphatic carboxylic acids is 1. The van der Waals surface area contributed by atoms with Gasteiger partial charge in [-0.05, 0) is 18.9 Å². The third kappa shape index (κ3) is 2.08. The van der Waals surface area contributed by atoms with Crippen molar-refractivity contribution in [3.8, 4) is 0 Å². The lowest BCUT2D eigenvalue weighted by atomic mass is 10.1. The second-order valence-electron chi connectivity index (χ2n) is 5.32. The van der Waals surface area contributed by atoms with E-state index in [0.29, 0.717) is 29.7 Å². The molecule has 0 saturated heterocycles. The Bertz CT molecular complexity index is 641. The number of benzene rings is 1. The zero-order chi connectivity index (χ0) is 15.2. The number of carbonyl (C=O) groups excluding carboxylic acids is 2. The predicted octanol–water partition coefficient (Wildman–Crippen LogP) is 0.846. The van der Waals surface area contributed by atoms with Gasteiger partial charge in [-0.1, -0.05) is 24.8 Å². The molecule has 1 aromatic carbocycles. The van der Waals surface area contributed by atoms with E-state index >= 15 is 0 Å². The molecule has 0 radical (unpaired) electrons. The van der Waals surface area contributed by atoms with Crippen LogP contribution < -0.4 is 5.32 Å². The summed E-state index contributed by atoms with van der Waals surface area (Å²) in [5.41, 5.74) is 0.531. The maximum Gasteiger partial charge on any atom is 0.329 e. The van der Waals surface area contributed by atoms with Gasteiger partial charge in [0.25, 0.3) is 5.91 Å². The summed E-state index contributed by atoms with van der Waals surface area (Å²) in [5, 5.41) is 11.5. The van der Waals surface area contributed by atoms with Gasteiger partial charge in [-0.15, -0.1) is 0 Å². The number of rotatable bonds is 4. The normalized spacial score (nSPS) is 18.4. The maximum atomic E-state index is 12.2. The van der Waals surface area contributed by atoms with Crippen LogP contribution in [0.25, 0.3) is 5.70 Å². The lowest BCUT2D eigenvalue weighted by Gasteiger charge is -2.19. The van der Waals surface area contributed by atoms with E-state index in [1.807, 2.05) is 0 Å². The summed E-state index contributed by atoms with van der Waals surface area (Å²) in [6.45, 7) is 3.62. The first-order valence-corrected chi connectivity index (χ1v) is 6.59. The molecule has 1 aromatic rings. The summed E-state index contributed by atoms with van der Waals surface area (Å²) < 4.78 is 0. The molecule has 0 aromatic heterocycles. The molecule has 0 atom stereocenters. The van der Waals surface area contributed by atoms with E-state index in [2.05, 4.69) is 11.9 Å². The number of fused-ring (bicyclic) bond motifs is 1. The van der Waals surface area contributed by atoms with Crippen molar-refractivity contribution in [1.82, 2.24) is 10.2 Å². The highest BCUT2D eigenvalue weighted by atomic mass is 16.4. The van der Waals surface area contributed by atoms with E-state index in [1.54, 1.807) is 24.3 Å². The number of carboxylic acids is 1. The van der Waals surface area contributed by atoms with Crippen molar-refractivity contribution in [2.45, 2.75) is 18.4 Å². The first-order valence-electron chi connectivity index (χ1n) is 6.59. The monoisotopic (exact) mass is 286 g/mol. The second kappa shape index (κ2) is 4.44. The van der Waals surface area contributed by atoms with Crippen LogP contribution in [0.2, 0.25) is 0 Å². The Morgan fingerprint density at radius 3 is 2.43 bits per heavy atom. The molecule has 0 bridgehead atoms. The molecule has 0 spiro atoms. The van der Waals surface area contributed by atoms with Gasteiger partial charge >= 0.3 is 5.97 Å². The largest absolute Gasteiger partial charge is 0.480 e. The van der Waals surface area contributed by atoms with Gasteiger partial charge in [-0.25, -0.2) is 4.79 Å². The molecule has 1 aliphatic carbocycles. The topological polar surface area (TPSA) is 86.7 Å². The van der Waals surface area contributed by atoms with Crippen LogP contribution in [0.15, 0.2) is 30.8 Å². The summed E-state index contributed by atoms with van der Waals surface area (Å²) in [6.07, 6.45) is 0.840. The molecule has 2 amide bonds. The first kappa shape index (κ1) is 13.4. The Hall–Kier alpha value is -2.63.